The van der Waals surface area contributed by atoms with Gasteiger partial charge in [-0.15, -0.1) is 0 Å². The molecular formula is C33H38N2O2. The molecule has 1 amide bonds. The number of benzene rings is 3. The largest absolute Gasteiger partial charge is 0.394 e. The number of carbonyl (C=O) groups is 1. The van der Waals surface area contributed by atoms with Gasteiger partial charge in [-0.2, -0.15) is 0 Å². The van der Waals surface area contributed by atoms with E-state index in [4.69, 9.17) is 0 Å². The second-order valence-corrected chi connectivity index (χ2v) is 10.6. The summed E-state index contributed by atoms with van der Waals surface area (Å²) < 4.78 is 2.39. The lowest BCUT2D eigenvalue weighted by atomic mass is 9.76. The number of aryl methyl sites for hydroxylation is 1. The highest BCUT2D eigenvalue weighted by Crippen LogP contribution is 2.37. The van der Waals surface area contributed by atoms with E-state index in [1.165, 1.54) is 47.0 Å². The fraction of sp³-hybridized carbons (Fsp3) is 0.364. The van der Waals surface area contributed by atoms with Gasteiger partial charge >= 0.3 is 0 Å². The Bertz CT molecular complexity index is 1330. The number of hydrogen-bond donors (Lipinski definition) is 2. The standard InChI is InChI=1S/C33H38N2O2/c1-23-24(2)35(31-16-10-9-15-29(23)31)21-25-17-19-28(20-18-25)32(27-13-7-4-8-14-27)33(37)34-30(22-36)26-11-5-3-6-12-26/h3,5-6,9-12,15-20,27,30,32,36H,4,7-8,13-14,21-22H2,1-2H3,(H,34,37)/t30-,32?/m0/s1. The predicted octanol–water partition coefficient (Wildman–Crippen LogP) is 6.82. The van der Waals surface area contributed by atoms with Crippen molar-refractivity contribution in [1.82, 2.24) is 9.88 Å². The Balaban J connectivity index is 1.40. The van der Waals surface area contributed by atoms with Crippen LogP contribution in [0.25, 0.3) is 10.9 Å². The van der Waals surface area contributed by atoms with Crippen LogP contribution in [-0.4, -0.2) is 22.2 Å². The van der Waals surface area contributed by atoms with Crippen LogP contribution in [0, 0.1) is 19.8 Å². The maximum absolute atomic E-state index is 13.7. The molecule has 4 nitrogen and oxygen atoms in total. The number of aliphatic hydroxyl groups is 1. The van der Waals surface area contributed by atoms with E-state index in [0.29, 0.717) is 5.92 Å². The normalized spacial score (nSPS) is 16.0. The minimum atomic E-state index is -0.396. The molecule has 4 heteroatoms. The summed E-state index contributed by atoms with van der Waals surface area (Å²) in [5, 5.41) is 14.5. The number of aliphatic hydroxyl groups excluding tert-OH is 1. The Labute approximate surface area is 220 Å². The molecule has 1 unspecified atom stereocenters. The van der Waals surface area contributed by atoms with E-state index in [9.17, 15) is 9.90 Å². The third kappa shape index (κ3) is 5.35. The Hall–Kier alpha value is -3.37. The molecule has 0 radical (unpaired) electrons. The molecule has 1 aliphatic rings. The van der Waals surface area contributed by atoms with Crippen molar-refractivity contribution in [3.05, 3.63) is 107 Å². The second-order valence-electron chi connectivity index (χ2n) is 10.6. The van der Waals surface area contributed by atoms with Crippen LogP contribution in [0.4, 0.5) is 0 Å². The minimum absolute atomic E-state index is 0.0189. The third-order valence-electron chi connectivity index (χ3n) is 8.33. The molecule has 2 N–H and O–H groups in total. The van der Waals surface area contributed by atoms with Gasteiger partial charge in [0.2, 0.25) is 5.91 Å². The topological polar surface area (TPSA) is 54.3 Å². The van der Waals surface area contributed by atoms with E-state index in [-0.39, 0.29) is 18.4 Å². The van der Waals surface area contributed by atoms with Crippen LogP contribution in [0.2, 0.25) is 0 Å². The Kier molecular flexibility index (Phi) is 7.76. The molecule has 192 valence electrons. The molecule has 0 aliphatic heterocycles. The van der Waals surface area contributed by atoms with Gasteiger partial charge in [0.15, 0.2) is 0 Å². The fourth-order valence-electron chi connectivity index (χ4n) is 6.11. The third-order valence-corrected chi connectivity index (χ3v) is 8.33. The van der Waals surface area contributed by atoms with E-state index in [2.05, 4.69) is 72.3 Å². The molecule has 0 saturated heterocycles. The number of rotatable bonds is 8. The highest BCUT2D eigenvalue weighted by Gasteiger charge is 2.32. The summed E-state index contributed by atoms with van der Waals surface area (Å²) in [6, 6.07) is 26.6. The smallest absolute Gasteiger partial charge is 0.228 e. The van der Waals surface area contributed by atoms with E-state index in [1.807, 2.05) is 30.3 Å². The van der Waals surface area contributed by atoms with Crippen LogP contribution in [-0.2, 0) is 11.3 Å². The molecule has 3 aromatic carbocycles. The lowest BCUT2D eigenvalue weighted by Gasteiger charge is -2.31. The van der Waals surface area contributed by atoms with Gasteiger partial charge in [0.05, 0.1) is 18.6 Å². The number of carbonyl (C=O) groups excluding carboxylic acids is 1. The molecule has 1 aromatic heterocycles. The molecule has 1 fully saturated rings. The lowest BCUT2D eigenvalue weighted by Crippen LogP contribution is -2.38. The molecular weight excluding hydrogens is 456 g/mol. The van der Waals surface area contributed by atoms with Crippen molar-refractivity contribution < 1.29 is 9.90 Å². The van der Waals surface area contributed by atoms with Crippen molar-refractivity contribution >= 4 is 16.8 Å². The molecule has 0 spiro atoms. The van der Waals surface area contributed by atoms with Gasteiger partial charge in [0.1, 0.15) is 0 Å². The first-order chi connectivity index (χ1) is 18.1. The zero-order chi connectivity index (χ0) is 25.8. The maximum Gasteiger partial charge on any atom is 0.228 e. The van der Waals surface area contributed by atoms with Crippen LogP contribution in [0.3, 0.4) is 0 Å². The quantitative estimate of drug-likeness (QED) is 0.282. The number of aromatic nitrogens is 1. The highest BCUT2D eigenvalue weighted by atomic mass is 16.3. The van der Waals surface area contributed by atoms with Crippen molar-refractivity contribution in [2.75, 3.05) is 6.61 Å². The number of fused-ring (bicyclic) bond motifs is 1. The van der Waals surface area contributed by atoms with Gasteiger partial charge < -0.3 is 15.0 Å². The van der Waals surface area contributed by atoms with Gasteiger partial charge in [0.25, 0.3) is 0 Å². The number of hydrogen-bond acceptors (Lipinski definition) is 2. The van der Waals surface area contributed by atoms with E-state index in [0.717, 1.165) is 30.5 Å². The highest BCUT2D eigenvalue weighted by molar-refractivity contribution is 5.85. The zero-order valence-electron chi connectivity index (χ0n) is 22.0. The van der Waals surface area contributed by atoms with Crippen LogP contribution >= 0.6 is 0 Å². The Morgan fingerprint density at radius 3 is 2.27 bits per heavy atom. The van der Waals surface area contributed by atoms with Crippen LogP contribution < -0.4 is 5.32 Å². The lowest BCUT2D eigenvalue weighted by molar-refractivity contribution is -0.125. The van der Waals surface area contributed by atoms with Crippen molar-refractivity contribution in [1.29, 1.82) is 0 Å². The first kappa shape index (κ1) is 25.3. The van der Waals surface area contributed by atoms with Crippen molar-refractivity contribution in [2.45, 2.75) is 64.5 Å². The van der Waals surface area contributed by atoms with E-state index >= 15 is 0 Å². The molecule has 4 aromatic rings. The molecule has 37 heavy (non-hydrogen) atoms. The summed E-state index contributed by atoms with van der Waals surface area (Å²) >= 11 is 0. The zero-order valence-corrected chi connectivity index (χ0v) is 22.0. The van der Waals surface area contributed by atoms with Crippen LogP contribution in [0.5, 0.6) is 0 Å². The summed E-state index contributed by atoms with van der Waals surface area (Å²) in [6.45, 7) is 5.08. The predicted molar refractivity (Wildman–Crippen MR) is 151 cm³/mol. The monoisotopic (exact) mass is 494 g/mol. The number of nitrogens with zero attached hydrogens (tertiary/aromatic N) is 1. The fourth-order valence-corrected chi connectivity index (χ4v) is 6.11. The van der Waals surface area contributed by atoms with Gasteiger partial charge in [-0.3, -0.25) is 4.79 Å². The Morgan fingerprint density at radius 1 is 0.892 bits per heavy atom. The van der Waals surface area contributed by atoms with Gasteiger partial charge in [-0.05, 0) is 60.9 Å². The molecule has 1 heterocycles. The van der Waals surface area contributed by atoms with Crippen molar-refractivity contribution in [3.63, 3.8) is 0 Å². The van der Waals surface area contributed by atoms with Crippen LogP contribution in [0.1, 0.15) is 72.0 Å². The van der Waals surface area contributed by atoms with Crippen molar-refractivity contribution in [3.8, 4) is 0 Å². The second kappa shape index (κ2) is 11.4. The van der Waals surface area contributed by atoms with Gasteiger partial charge in [-0.25, -0.2) is 0 Å². The summed E-state index contributed by atoms with van der Waals surface area (Å²) in [5.41, 5.74) is 7.12. The Morgan fingerprint density at radius 2 is 1.57 bits per heavy atom. The molecule has 1 saturated carbocycles. The first-order valence-corrected chi connectivity index (χ1v) is 13.7. The summed E-state index contributed by atoms with van der Waals surface area (Å²) in [5.74, 6) is 0.141. The van der Waals surface area contributed by atoms with Gasteiger partial charge in [0, 0.05) is 23.1 Å². The van der Waals surface area contributed by atoms with Crippen LogP contribution in [0.15, 0.2) is 78.9 Å². The first-order valence-electron chi connectivity index (χ1n) is 13.7. The molecule has 2 atom stereocenters. The molecule has 5 rings (SSSR count). The summed E-state index contributed by atoms with van der Waals surface area (Å²) in [7, 11) is 0. The average Bonchev–Trinajstić information content (AvgIpc) is 3.18. The summed E-state index contributed by atoms with van der Waals surface area (Å²) in [4.78, 5) is 13.7. The SMILES string of the molecule is Cc1c(C)n(Cc2ccc(C(C(=O)N[C@@H](CO)c3ccccc3)C3CCCCC3)cc2)c2ccccc12. The maximum atomic E-state index is 13.7. The molecule has 0 bridgehead atoms. The van der Waals surface area contributed by atoms with Crippen molar-refractivity contribution in [2.24, 2.45) is 5.92 Å². The summed E-state index contributed by atoms with van der Waals surface area (Å²) in [6.07, 6.45) is 5.74. The van der Waals surface area contributed by atoms with Gasteiger partial charge in [-0.1, -0.05) is 92.1 Å². The number of amides is 1. The van der Waals surface area contributed by atoms with E-state index in [1.54, 1.807) is 0 Å². The van der Waals surface area contributed by atoms with E-state index < -0.39 is 6.04 Å². The minimum Gasteiger partial charge on any atom is -0.394 e. The average molecular weight is 495 g/mol. The number of para-hydroxylation sites is 1. The molecule has 1 aliphatic carbocycles. The number of nitrogens with one attached hydrogen (secondary N) is 1.